The number of nitrogens with zero attached hydrogens (tertiary/aromatic N) is 3. The summed E-state index contributed by atoms with van der Waals surface area (Å²) in [6.45, 7) is 6.41. The number of rotatable bonds is 4. The van der Waals surface area contributed by atoms with Crippen molar-refractivity contribution in [1.82, 2.24) is 8.87 Å². The van der Waals surface area contributed by atoms with Gasteiger partial charge in [0.1, 0.15) is 16.5 Å². The molecule has 2 heterocycles. The zero-order chi connectivity index (χ0) is 20.5. The standard InChI is InChI=1S/C19H21FN4O2S2/c1-14-11-15(2)24(19(27)18(14)12-21)13-22-7-9-23(10-8-22)28(25,26)17-5-3-16(20)4-6-17/h3-6,11H,7-10,13H2,1-2H3/p+1. The average Bonchev–Trinajstić information content (AvgIpc) is 2.66. The highest BCUT2D eigenvalue weighted by molar-refractivity contribution is 7.89. The molecule has 0 amide bonds. The molecule has 28 heavy (non-hydrogen) atoms. The van der Waals surface area contributed by atoms with E-state index in [1.54, 1.807) is 0 Å². The van der Waals surface area contributed by atoms with Crippen molar-refractivity contribution in [2.45, 2.75) is 25.4 Å². The monoisotopic (exact) mass is 421 g/mol. The van der Waals surface area contributed by atoms with Gasteiger partial charge in [-0.15, -0.1) is 0 Å². The highest BCUT2D eigenvalue weighted by Crippen LogP contribution is 2.16. The van der Waals surface area contributed by atoms with Crippen molar-refractivity contribution in [3.8, 4) is 6.07 Å². The summed E-state index contributed by atoms with van der Waals surface area (Å²) in [6, 6.07) is 9.02. The molecule has 1 N–H and O–H groups in total. The Balaban J connectivity index is 1.72. The summed E-state index contributed by atoms with van der Waals surface area (Å²) in [7, 11) is -3.62. The Labute approximate surface area is 169 Å². The Hall–Kier alpha value is -2.12. The number of aryl methyl sites for hydroxylation is 2. The predicted molar refractivity (Wildman–Crippen MR) is 105 cm³/mol. The van der Waals surface area contributed by atoms with E-state index < -0.39 is 15.8 Å². The first-order valence-corrected chi connectivity index (χ1v) is 10.8. The number of halogens is 1. The molecule has 1 aromatic carbocycles. The maximum Gasteiger partial charge on any atom is 0.243 e. The third-order valence-corrected chi connectivity index (χ3v) is 7.42. The van der Waals surface area contributed by atoms with Crippen LogP contribution in [-0.4, -0.2) is 43.5 Å². The fourth-order valence-electron chi connectivity index (χ4n) is 3.44. The highest BCUT2D eigenvalue weighted by atomic mass is 32.2. The molecule has 0 unspecified atom stereocenters. The van der Waals surface area contributed by atoms with Gasteiger partial charge in [0.05, 0.1) is 36.6 Å². The maximum atomic E-state index is 13.1. The van der Waals surface area contributed by atoms with Gasteiger partial charge in [0.25, 0.3) is 0 Å². The summed E-state index contributed by atoms with van der Waals surface area (Å²) in [4.78, 5) is 1.30. The second-order valence-corrected chi connectivity index (χ2v) is 9.28. The van der Waals surface area contributed by atoms with Crippen LogP contribution in [0.5, 0.6) is 0 Å². The minimum atomic E-state index is -3.62. The van der Waals surface area contributed by atoms with E-state index in [0.29, 0.717) is 43.1 Å². The number of benzene rings is 1. The molecule has 2 aromatic rings. The van der Waals surface area contributed by atoms with Crippen LogP contribution < -0.4 is 4.90 Å². The highest BCUT2D eigenvalue weighted by Gasteiger charge is 2.30. The van der Waals surface area contributed by atoms with Gasteiger partial charge < -0.3 is 4.90 Å². The Morgan fingerprint density at radius 1 is 1.21 bits per heavy atom. The molecule has 0 radical (unpaired) electrons. The van der Waals surface area contributed by atoms with Crippen LogP contribution in [0.25, 0.3) is 0 Å². The minimum Gasteiger partial charge on any atom is -0.315 e. The van der Waals surface area contributed by atoms with E-state index in [9.17, 15) is 18.1 Å². The fraction of sp³-hybridized carbons (Fsp3) is 0.368. The van der Waals surface area contributed by atoms with Crippen LogP contribution in [0.2, 0.25) is 0 Å². The van der Waals surface area contributed by atoms with Crippen molar-refractivity contribution < 1.29 is 17.7 Å². The molecule has 0 bridgehead atoms. The number of hydrogen-bond acceptors (Lipinski definition) is 4. The van der Waals surface area contributed by atoms with Crippen molar-refractivity contribution in [3.63, 3.8) is 0 Å². The third-order valence-electron chi connectivity index (χ3n) is 5.08. The Kier molecular flexibility index (Phi) is 5.95. The second kappa shape index (κ2) is 8.09. The molecule has 1 aliphatic heterocycles. The van der Waals surface area contributed by atoms with Crippen molar-refractivity contribution in [2.75, 3.05) is 26.2 Å². The van der Waals surface area contributed by atoms with Gasteiger partial charge in [-0.2, -0.15) is 9.57 Å². The number of quaternary nitrogens is 1. The summed E-state index contributed by atoms with van der Waals surface area (Å²) in [5, 5.41) is 9.34. The van der Waals surface area contributed by atoms with E-state index in [4.69, 9.17) is 12.2 Å². The number of sulfonamides is 1. The largest absolute Gasteiger partial charge is 0.315 e. The molecule has 1 fully saturated rings. The fourth-order valence-corrected chi connectivity index (χ4v) is 5.30. The molecule has 148 valence electrons. The van der Waals surface area contributed by atoms with Crippen LogP contribution >= 0.6 is 12.2 Å². The Morgan fingerprint density at radius 3 is 2.39 bits per heavy atom. The summed E-state index contributed by atoms with van der Waals surface area (Å²) >= 11 is 5.48. The van der Waals surface area contributed by atoms with Gasteiger partial charge in [0.15, 0.2) is 6.67 Å². The molecule has 9 heteroatoms. The van der Waals surface area contributed by atoms with Gasteiger partial charge in [-0.3, -0.25) is 4.57 Å². The third kappa shape index (κ3) is 4.00. The number of piperazine rings is 1. The van der Waals surface area contributed by atoms with E-state index >= 15 is 0 Å². The van der Waals surface area contributed by atoms with Crippen LogP contribution in [-0.2, 0) is 16.7 Å². The zero-order valence-corrected chi connectivity index (χ0v) is 17.4. The maximum absolute atomic E-state index is 13.1. The van der Waals surface area contributed by atoms with E-state index in [1.165, 1.54) is 21.3 Å². The zero-order valence-electron chi connectivity index (χ0n) is 15.8. The Morgan fingerprint density at radius 2 is 1.82 bits per heavy atom. The summed E-state index contributed by atoms with van der Waals surface area (Å²) in [6.07, 6.45) is 0. The van der Waals surface area contributed by atoms with Crippen LogP contribution in [0.1, 0.15) is 16.8 Å². The first-order chi connectivity index (χ1) is 13.2. The number of aromatic nitrogens is 1. The smallest absolute Gasteiger partial charge is 0.243 e. The molecule has 1 aliphatic rings. The molecule has 0 aliphatic carbocycles. The molecule has 1 saturated heterocycles. The number of nitrogens with one attached hydrogen (secondary N) is 1. The molecule has 1 aromatic heterocycles. The molecule has 0 atom stereocenters. The van der Waals surface area contributed by atoms with E-state index in [0.717, 1.165) is 23.4 Å². The average molecular weight is 422 g/mol. The lowest BCUT2D eigenvalue weighted by atomic mass is 10.1. The summed E-state index contributed by atoms with van der Waals surface area (Å²) in [5.74, 6) is -0.463. The van der Waals surface area contributed by atoms with Crippen molar-refractivity contribution >= 4 is 22.2 Å². The van der Waals surface area contributed by atoms with Crippen LogP contribution in [0, 0.1) is 35.6 Å². The lowest BCUT2D eigenvalue weighted by molar-refractivity contribution is -0.926. The van der Waals surface area contributed by atoms with Crippen LogP contribution in [0.15, 0.2) is 35.2 Å². The molecule has 6 nitrogen and oxygen atoms in total. The first-order valence-electron chi connectivity index (χ1n) is 8.94. The van der Waals surface area contributed by atoms with Crippen molar-refractivity contribution in [1.29, 1.82) is 5.26 Å². The normalized spacial score (nSPS) is 16.1. The topological polar surface area (TPSA) is 70.5 Å². The summed E-state index contributed by atoms with van der Waals surface area (Å²) < 4.78 is 42.4. The quantitative estimate of drug-likeness (QED) is 0.758. The molecule has 0 spiro atoms. The molecular weight excluding hydrogens is 399 g/mol. The van der Waals surface area contributed by atoms with Gasteiger partial charge in [0.2, 0.25) is 10.0 Å². The molecule has 3 rings (SSSR count). The van der Waals surface area contributed by atoms with Crippen LogP contribution in [0.3, 0.4) is 0 Å². The van der Waals surface area contributed by atoms with E-state index in [1.807, 2.05) is 24.5 Å². The van der Waals surface area contributed by atoms with E-state index in [2.05, 4.69) is 6.07 Å². The minimum absolute atomic E-state index is 0.104. The second-order valence-electron chi connectivity index (χ2n) is 6.95. The Bertz CT molecular complexity index is 1080. The molecular formula is C19H22FN4O2S2+. The first kappa shape index (κ1) is 20.6. The van der Waals surface area contributed by atoms with Crippen molar-refractivity contribution in [3.05, 3.63) is 57.6 Å². The number of hydrogen-bond donors (Lipinski definition) is 1. The SMILES string of the molecule is Cc1cc(C)n(C[NH+]2CCN(S(=O)(=O)c3ccc(F)cc3)CC2)c(=S)c1C#N. The van der Waals surface area contributed by atoms with Gasteiger partial charge in [-0.1, -0.05) is 12.2 Å². The number of pyridine rings is 1. The van der Waals surface area contributed by atoms with Gasteiger partial charge in [-0.05, 0) is 49.7 Å². The van der Waals surface area contributed by atoms with Crippen LogP contribution in [0.4, 0.5) is 4.39 Å². The number of nitriles is 1. The van der Waals surface area contributed by atoms with Gasteiger partial charge in [-0.25, -0.2) is 12.8 Å². The van der Waals surface area contributed by atoms with Gasteiger partial charge in [0, 0.05) is 5.69 Å². The van der Waals surface area contributed by atoms with E-state index in [-0.39, 0.29) is 4.90 Å². The van der Waals surface area contributed by atoms with Gasteiger partial charge >= 0.3 is 0 Å². The lowest BCUT2D eigenvalue weighted by Crippen LogP contribution is -3.14. The predicted octanol–water partition coefficient (Wildman–Crippen LogP) is 1.39. The summed E-state index contributed by atoms with van der Waals surface area (Å²) in [5.41, 5.74) is 2.36. The molecule has 0 saturated carbocycles. The van der Waals surface area contributed by atoms with Crippen molar-refractivity contribution in [2.24, 2.45) is 0 Å². The lowest BCUT2D eigenvalue weighted by Gasteiger charge is -2.32.